The number of rotatable bonds is 12. The molecule has 2 aromatic carbocycles. The van der Waals surface area contributed by atoms with Crippen molar-refractivity contribution in [2.24, 2.45) is 0 Å². The van der Waals surface area contributed by atoms with Gasteiger partial charge in [-0.05, 0) is 56.5 Å². The zero-order valence-corrected chi connectivity index (χ0v) is 20.3. The standard InChI is InChI=1S/C26H33ClN4O2/c1-3-30(4-2)26(33)19-31-23-11-8-7-10-22(23)29-24(31)12-6-5-9-17-28-25(32)18-20-13-15-21(27)16-14-20/h7-8,10-11,13-16H,3-6,9,12,17-19H2,1-2H3,(H,28,32). The normalized spacial score (nSPS) is 11.0. The number of carbonyl (C=O) groups excluding carboxylic acids is 2. The monoisotopic (exact) mass is 468 g/mol. The van der Waals surface area contributed by atoms with E-state index in [0.717, 1.165) is 48.1 Å². The molecule has 0 fully saturated rings. The summed E-state index contributed by atoms with van der Waals surface area (Å²) in [6, 6.07) is 15.3. The lowest BCUT2D eigenvalue weighted by Gasteiger charge is -2.20. The third kappa shape index (κ3) is 7.06. The predicted octanol–water partition coefficient (Wildman–Crippen LogP) is 4.63. The summed E-state index contributed by atoms with van der Waals surface area (Å²) < 4.78 is 2.06. The minimum Gasteiger partial charge on any atom is -0.356 e. The van der Waals surface area contributed by atoms with Crippen LogP contribution in [-0.2, 0) is 29.0 Å². The van der Waals surface area contributed by atoms with E-state index in [0.29, 0.717) is 37.6 Å². The molecule has 3 aromatic rings. The molecule has 0 saturated carbocycles. The highest BCUT2D eigenvalue weighted by atomic mass is 35.5. The largest absolute Gasteiger partial charge is 0.356 e. The van der Waals surface area contributed by atoms with Gasteiger partial charge in [-0.25, -0.2) is 4.98 Å². The predicted molar refractivity (Wildman–Crippen MR) is 133 cm³/mol. The first-order valence-corrected chi connectivity index (χ1v) is 12.1. The van der Waals surface area contributed by atoms with Gasteiger partial charge >= 0.3 is 0 Å². The molecule has 1 N–H and O–H groups in total. The number of hydrogen-bond acceptors (Lipinski definition) is 3. The fraction of sp³-hybridized carbons (Fsp3) is 0.423. The fourth-order valence-corrected chi connectivity index (χ4v) is 4.09. The van der Waals surface area contributed by atoms with Gasteiger partial charge in [-0.2, -0.15) is 0 Å². The van der Waals surface area contributed by atoms with Gasteiger partial charge in [0.1, 0.15) is 12.4 Å². The van der Waals surface area contributed by atoms with E-state index in [1.807, 2.05) is 55.1 Å². The number of halogens is 1. The maximum atomic E-state index is 12.7. The molecule has 3 rings (SSSR count). The van der Waals surface area contributed by atoms with Crippen molar-refractivity contribution < 1.29 is 9.59 Å². The van der Waals surface area contributed by atoms with Crippen LogP contribution in [0.15, 0.2) is 48.5 Å². The van der Waals surface area contributed by atoms with Crippen molar-refractivity contribution in [1.82, 2.24) is 19.8 Å². The van der Waals surface area contributed by atoms with E-state index >= 15 is 0 Å². The molecule has 176 valence electrons. The van der Waals surface area contributed by atoms with E-state index in [-0.39, 0.29) is 11.8 Å². The molecule has 0 aliphatic heterocycles. The maximum Gasteiger partial charge on any atom is 0.242 e. The van der Waals surface area contributed by atoms with Crippen molar-refractivity contribution in [2.75, 3.05) is 19.6 Å². The van der Waals surface area contributed by atoms with E-state index in [4.69, 9.17) is 16.6 Å². The van der Waals surface area contributed by atoms with Crippen LogP contribution in [0.2, 0.25) is 5.02 Å². The quantitative estimate of drug-likeness (QED) is 0.394. The van der Waals surface area contributed by atoms with Gasteiger partial charge < -0.3 is 14.8 Å². The van der Waals surface area contributed by atoms with Crippen LogP contribution in [0.25, 0.3) is 11.0 Å². The Hall–Kier alpha value is -2.86. The first kappa shape index (κ1) is 24.8. The SMILES string of the molecule is CCN(CC)C(=O)Cn1c(CCCCCNC(=O)Cc2ccc(Cl)cc2)nc2ccccc21. The second-order valence-corrected chi connectivity index (χ2v) is 8.57. The number of hydrogen-bond donors (Lipinski definition) is 1. The number of benzene rings is 2. The number of nitrogens with zero attached hydrogens (tertiary/aromatic N) is 3. The Morgan fingerprint density at radius 1 is 1.00 bits per heavy atom. The average Bonchev–Trinajstić information content (AvgIpc) is 3.15. The zero-order chi connectivity index (χ0) is 23.6. The Bertz CT molecular complexity index is 1060. The molecular formula is C26H33ClN4O2. The number of nitrogens with one attached hydrogen (secondary N) is 1. The van der Waals surface area contributed by atoms with Gasteiger partial charge in [-0.1, -0.05) is 42.3 Å². The minimum atomic E-state index is 0.0222. The van der Waals surface area contributed by atoms with Gasteiger partial charge in [-0.15, -0.1) is 0 Å². The van der Waals surface area contributed by atoms with Crippen molar-refractivity contribution >= 4 is 34.4 Å². The zero-order valence-electron chi connectivity index (χ0n) is 19.5. The first-order valence-electron chi connectivity index (χ1n) is 11.7. The van der Waals surface area contributed by atoms with Crippen molar-refractivity contribution in [3.05, 3.63) is 64.9 Å². The minimum absolute atomic E-state index is 0.0222. The fourth-order valence-electron chi connectivity index (χ4n) is 3.97. The number of imidazole rings is 1. The van der Waals surface area contributed by atoms with Crippen LogP contribution in [0.5, 0.6) is 0 Å². The molecule has 1 heterocycles. The van der Waals surface area contributed by atoms with E-state index < -0.39 is 0 Å². The van der Waals surface area contributed by atoms with Gasteiger partial charge in [0.25, 0.3) is 0 Å². The second kappa shape index (κ2) is 12.4. The third-order valence-electron chi connectivity index (χ3n) is 5.82. The van der Waals surface area contributed by atoms with Crippen LogP contribution < -0.4 is 5.32 Å². The van der Waals surface area contributed by atoms with Crippen molar-refractivity contribution in [3.8, 4) is 0 Å². The summed E-state index contributed by atoms with van der Waals surface area (Å²) in [6.45, 7) is 6.40. The lowest BCUT2D eigenvalue weighted by Crippen LogP contribution is -2.33. The summed E-state index contributed by atoms with van der Waals surface area (Å²) in [5.41, 5.74) is 2.88. The summed E-state index contributed by atoms with van der Waals surface area (Å²) >= 11 is 5.88. The highest BCUT2D eigenvalue weighted by molar-refractivity contribution is 6.30. The number of unbranched alkanes of at least 4 members (excludes halogenated alkanes) is 2. The highest BCUT2D eigenvalue weighted by Crippen LogP contribution is 2.18. The first-order chi connectivity index (χ1) is 16.0. The lowest BCUT2D eigenvalue weighted by molar-refractivity contribution is -0.131. The molecule has 0 aliphatic carbocycles. The van der Waals surface area contributed by atoms with E-state index in [1.54, 1.807) is 12.1 Å². The Morgan fingerprint density at radius 2 is 1.73 bits per heavy atom. The molecule has 0 radical (unpaired) electrons. The lowest BCUT2D eigenvalue weighted by atomic mass is 10.1. The molecule has 0 unspecified atom stereocenters. The topological polar surface area (TPSA) is 67.2 Å². The van der Waals surface area contributed by atoms with Crippen molar-refractivity contribution in [1.29, 1.82) is 0 Å². The Morgan fingerprint density at radius 3 is 2.45 bits per heavy atom. The Labute approximate surface area is 200 Å². The number of amides is 2. The number of likely N-dealkylation sites (N-methyl/N-ethyl adjacent to an activating group) is 1. The molecular weight excluding hydrogens is 436 g/mol. The molecule has 7 heteroatoms. The average molecular weight is 469 g/mol. The molecule has 0 aliphatic rings. The van der Waals surface area contributed by atoms with Gasteiger partial charge in [0.05, 0.1) is 17.5 Å². The molecule has 0 saturated heterocycles. The summed E-state index contributed by atoms with van der Waals surface area (Å²) in [7, 11) is 0. The van der Waals surface area contributed by atoms with E-state index in [1.165, 1.54) is 0 Å². The number of aromatic nitrogens is 2. The van der Waals surface area contributed by atoms with Gasteiger partial charge in [0.2, 0.25) is 11.8 Å². The summed E-state index contributed by atoms with van der Waals surface area (Å²) in [5.74, 6) is 1.09. The van der Waals surface area contributed by atoms with Crippen LogP contribution in [0.1, 0.15) is 44.5 Å². The van der Waals surface area contributed by atoms with Crippen LogP contribution in [0.4, 0.5) is 0 Å². The van der Waals surface area contributed by atoms with Gasteiger partial charge in [-0.3, -0.25) is 9.59 Å². The van der Waals surface area contributed by atoms with Gasteiger partial charge in [0.15, 0.2) is 0 Å². The summed E-state index contributed by atoms with van der Waals surface area (Å²) in [4.78, 5) is 31.5. The maximum absolute atomic E-state index is 12.7. The highest BCUT2D eigenvalue weighted by Gasteiger charge is 2.16. The van der Waals surface area contributed by atoms with Gasteiger partial charge in [0, 0.05) is 31.1 Å². The molecule has 0 spiro atoms. The summed E-state index contributed by atoms with van der Waals surface area (Å²) in [6.07, 6.45) is 4.01. The smallest absolute Gasteiger partial charge is 0.242 e. The number of carbonyl (C=O) groups is 2. The molecule has 6 nitrogen and oxygen atoms in total. The Balaban J connectivity index is 1.48. The van der Waals surface area contributed by atoms with E-state index in [2.05, 4.69) is 9.88 Å². The van der Waals surface area contributed by atoms with Crippen molar-refractivity contribution in [2.45, 2.75) is 52.5 Å². The molecule has 0 atom stereocenters. The van der Waals surface area contributed by atoms with Crippen LogP contribution in [0.3, 0.4) is 0 Å². The summed E-state index contributed by atoms with van der Waals surface area (Å²) in [5, 5.41) is 3.66. The molecule has 2 amide bonds. The van der Waals surface area contributed by atoms with Crippen LogP contribution >= 0.6 is 11.6 Å². The third-order valence-corrected chi connectivity index (χ3v) is 6.07. The van der Waals surface area contributed by atoms with E-state index in [9.17, 15) is 9.59 Å². The number of para-hydroxylation sites is 2. The molecule has 0 bridgehead atoms. The molecule has 1 aromatic heterocycles. The Kier molecular flexibility index (Phi) is 9.31. The second-order valence-electron chi connectivity index (χ2n) is 8.13. The molecule has 33 heavy (non-hydrogen) atoms. The van der Waals surface area contributed by atoms with Crippen molar-refractivity contribution in [3.63, 3.8) is 0 Å². The van der Waals surface area contributed by atoms with Crippen LogP contribution in [0, 0.1) is 0 Å². The van der Waals surface area contributed by atoms with Crippen LogP contribution in [-0.4, -0.2) is 45.9 Å². The number of aryl methyl sites for hydroxylation is 1. The number of fused-ring (bicyclic) bond motifs is 1.